The molecule has 1 aliphatic heterocycles. The smallest absolute Gasteiger partial charge is 0.0598 e. The summed E-state index contributed by atoms with van der Waals surface area (Å²) in [5.74, 6) is 0. The molecule has 0 aromatic rings. The second kappa shape index (κ2) is 3.95. The van der Waals surface area contributed by atoms with Crippen LogP contribution in [0.4, 0.5) is 0 Å². The van der Waals surface area contributed by atoms with Gasteiger partial charge in [-0.05, 0) is 27.2 Å². The number of ether oxygens (including phenoxy) is 2. The summed E-state index contributed by atoms with van der Waals surface area (Å²) in [5, 5.41) is 8.89. The second-order valence-corrected chi connectivity index (χ2v) is 4.87. The van der Waals surface area contributed by atoms with E-state index in [9.17, 15) is 0 Å². The molecule has 0 atom stereocenters. The van der Waals surface area contributed by atoms with Crippen LogP contribution in [0.25, 0.3) is 0 Å². The van der Waals surface area contributed by atoms with Gasteiger partial charge in [-0.2, -0.15) is 0 Å². The van der Waals surface area contributed by atoms with Crippen molar-refractivity contribution >= 4 is 0 Å². The van der Waals surface area contributed by atoms with Crippen LogP contribution in [0, 0.1) is 5.41 Å². The predicted molar refractivity (Wildman–Crippen MR) is 50.7 cm³/mol. The zero-order valence-electron chi connectivity index (χ0n) is 8.80. The lowest BCUT2D eigenvalue weighted by Crippen LogP contribution is -2.48. The first-order chi connectivity index (χ1) is 5.97. The van der Waals surface area contributed by atoms with Crippen LogP contribution in [0.5, 0.6) is 0 Å². The van der Waals surface area contributed by atoms with E-state index in [0.29, 0.717) is 6.61 Å². The number of hydrogen-bond donors (Lipinski definition) is 1. The van der Waals surface area contributed by atoms with Crippen molar-refractivity contribution in [2.24, 2.45) is 5.41 Å². The Hall–Kier alpha value is -0.120. The molecule has 0 aromatic carbocycles. The molecule has 1 heterocycles. The molecule has 0 saturated carbocycles. The molecular weight excluding hydrogens is 168 g/mol. The molecule has 0 aliphatic carbocycles. The fraction of sp³-hybridized carbons (Fsp3) is 1.00. The van der Waals surface area contributed by atoms with Gasteiger partial charge in [-0.1, -0.05) is 0 Å². The van der Waals surface area contributed by atoms with Gasteiger partial charge in [0.1, 0.15) is 0 Å². The van der Waals surface area contributed by atoms with E-state index < -0.39 is 0 Å². The van der Waals surface area contributed by atoms with Gasteiger partial charge >= 0.3 is 0 Å². The Kier molecular flexibility index (Phi) is 3.33. The summed E-state index contributed by atoms with van der Waals surface area (Å²) in [7, 11) is 0. The Morgan fingerprint density at radius 1 is 1.38 bits per heavy atom. The molecule has 0 amide bonds. The Balaban J connectivity index is 2.32. The summed E-state index contributed by atoms with van der Waals surface area (Å²) in [6.45, 7) is 8.48. The van der Waals surface area contributed by atoms with Gasteiger partial charge < -0.3 is 14.6 Å². The molecule has 13 heavy (non-hydrogen) atoms. The summed E-state index contributed by atoms with van der Waals surface area (Å²) >= 11 is 0. The van der Waals surface area contributed by atoms with Crippen LogP contribution < -0.4 is 0 Å². The lowest BCUT2D eigenvalue weighted by molar-refractivity contribution is -0.176. The molecule has 0 radical (unpaired) electrons. The van der Waals surface area contributed by atoms with E-state index in [-0.39, 0.29) is 17.6 Å². The average molecular weight is 188 g/mol. The first kappa shape index (κ1) is 11.0. The third-order valence-electron chi connectivity index (χ3n) is 2.27. The van der Waals surface area contributed by atoms with E-state index in [1.807, 2.05) is 20.8 Å². The fourth-order valence-electron chi connectivity index (χ4n) is 1.30. The highest BCUT2D eigenvalue weighted by Crippen LogP contribution is 2.32. The van der Waals surface area contributed by atoms with Crippen molar-refractivity contribution in [3.8, 4) is 0 Å². The van der Waals surface area contributed by atoms with Crippen LogP contribution in [0.1, 0.15) is 27.2 Å². The van der Waals surface area contributed by atoms with E-state index in [1.165, 1.54) is 0 Å². The number of rotatable bonds is 4. The maximum Gasteiger partial charge on any atom is 0.0598 e. The number of hydrogen-bond acceptors (Lipinski definition) is 3. The van der Waals surface area contributed by atoms with Crippen LogP contribution in [0.2, 0.25) is 0 Å². The van der Waals surface area contributed by atoms with Gasteiger partial charge in [-0.15, -0.1) is 0 Å². The monoisotopic (exact) mass is 188 g/mol. The van der Waals surface area contributed by atoms with Crippen LogP contribution in [-0.4, -0.2) is 37.1 Å². The largest absolute Gasteiger partial charge is 0.396 e. The highest BCUT2D eigenvalue weighted by molar-refractivity contribution is 4.86. The lowest BCUT2D eigenvalue weighted by atomic mass is 9.83. The molecule has 1 saturated heterocycles. The van der Waals surface area contributed by atoms with E-state index in [2.05, 4.69) is 0 Å². The molecule has 0 bridgehead atoms. The van der Waals surface area contributed by atoms with E-state index >= 15 is 0 Å². The summed E-state index contributed by atoms with van der Waals surface area (Å²) in [4.78, 5) is 0. The summed E-state index contributed by atoms with van der Waals surface area (Å²) < 4.78 is 10.9. The Morgan fingerprint density at radius 3 is 2.31 bits per heavy atom. The van der Waals surface area contributed by atoms with E-state index in [1.54, 1.807) is 0 Å². The van der Waals surface area contributed by atoms with Gasteiger partial charge in [0.2, 0.25) is 0 Å². The first-order valence-electron chi connectivity index (χ1n) is 4.80. The molecule has 1 rings (SSSR count). The minimum Gasteiger partial charge on any atom is -0.396 e. The van der Waals surface area contributed by atoms with Crippen LogP contribution in [0.15, 0.2) is 0 Å². The van der Waals surface area contributed by atoms with Gasteiger partial charge in [0, 0.05) is 12.0 Å². The Labute approximate surface area is 80.0 Å². The van der Waals surface area contributed by atoms with Gasteiger partial charge in [0.25, 0.3) is 0 Å². The van der Waals surface area contributed by atoms with Gasteiger partial charge in [-0.3, -0.25) is 0 Å². The zero-order valence-corrected chi connectivity index (χ0v) is 8.80. The minimum absolute atomic E-state index is 0.0853. The Morgan fingerprint density at radius 2 is 2.00 bits per heavy atom. The number of aliphatic hydroxyl groups excluding tert-OH is 1. The minimum atomic E-state index is -0.0992. The number of aliphatic hydroxyl groups is 1. The molecule has 3 nitrogen and oxygen atoms in total. The quantitative estimate of drug-likeness (QED) is 0.720. The van der Waals surface area contributed by atoms with Crippen molar-refractivity contribution in [1.29, 1.82) is 0 Å². The SMILES string of the molecule is CC(C)(C)OCC1(CCO)COC1. The highest BCUT2D eigenvalue weighted by atomic mass is 16.5. The summed E-state index contributed by atoms with van der Waals surface area (Å²) in [5.41, 5.74) is -0.0138. The first-order valence-corrected chi connectivity index (χ1v) is 4.80. The van der Waals surface area contributed by atoms with E-state index in [0.717, 1.165) is 19.6 Å². The predicted octanol–water partition coefficient (Wildman–Crippen LogP) is 1.20. The standard InChI is InChI=1S/C10H20O3/c1-9(2,3)13-8-10(4-5-11)6-12-7-10/h11H,4-8H2,1-3H3. The lowest BCUT2D eigenvalue weighted by Gasteiger charge is -2.42. The molecular formula is C10H20O3. The topological polar surface area (TPSA) is 38.7 Å². The molecule has 0 spiro atoms. The normalized spacial score (nSPS) is 21.2. The van der Waals surface area contributed by atoms with Gasteiger partial charge in [0.15, 0.2) is 0 Å². The molecule has 0 aromatic heterocycles. The van der Waals surface area contributed by atoms with Crippen molar-refractivity contribution in [3.63, 3.8) is 0 Å². The van der Waals surface area contributed by atoms with Crippen molar-refractivity contribution in [2.75, 3.05) is 26.4 Å². The summed E-state index contributed by atoms with van der Waals surface area (Å²) in [6, 6.07) is 0. The highest BCUT2D eigenvalue weighted by Gasteiger charge is 2.39. The second-order valence-electron chi connectivity index (χ2n) is 4.87. The fourth-order valence-corrected chi connectivity index (χ4v) is 1.30. The van der Waals surface area contributed by atoms with Crippen LogP contribution in [0.3, 0.4) is 0 Å². The van der Waals surface area contributed by atoms with Crippen molar-refractivity contribution in [3.05, 3.63) is 0 Å². The molecule has 1 aliphatic rings. The zero-order chi connectivity index (χ0) is 9.95. The van der Waals surface area contributed by atoms with Crippen LogP contribution >= 0.6 is 0 Å². The molecule has 3 heteroatoms. The molecule has 0 unspecified atom stereocenters. The maximum absolute atomic E-state index is 8.89. The third-order valence-corrected chi connectivity index (χ3v) is 2.27. The van der Waals surface area contributed by atoms with Crippen molar-refractivity contribution in [2.45, 2.75) is 32.8 Å². The molecule has 78 valence electrons. The van der Waals surface area contributed by atoms with Crippen LogP contribution in [-0.2, 0) is 9.47 Å². The molecule has 1 fully saturated rings. The summed E-state index contributed by atoms with van der Waals surface area (Å²) in [6.07, 6.45) is 0.781. The van der Waals surface area contributed by atoms with E-state index in [4.69, 9.17) is 14.6 Å². The Bertz CT molecular complexity index is 156. The van der Waals surface area contributed by atoms with Crippen molar-refractivity contribution in [1.82, 2.24) is 0 Å². The average Bonchev–Trinajstić information content (AvgIpc) is 1.92. The van der Waals surface area contributed by atoms with Crippen molar-refractivity contribution < 1.29 is 14.6 Å². The maximum atomic E-state index is 8.89. The molecule has 1 N–H and O–H groups in total. The van der Waals surface area contributed by atoms with Gasteiger partial charge in [0.05, 0.1) is 25.4 Å². The van der Waals surface area contributed by atoms with Gasteiger partial charge in [-0.25, -0.2) is 0 Å². The third kappa shape index (κ3) is 3.25.